The van der Waals surface area contributed by atoms with Crippen molar-refractivity contribution >= 4 is 5.82 Å². The number of rotatable bonds is 5. The second-order valence-electron chi connectivity index (χ2n) is 4.33. The fraction of sp³-hybridized carbons (Fsp3) is 0.267. The third-order valence-corrected chi connectivity index (χ3v) is 2.84. The maximum atomic E-state index is 5.82. The van der Waals surface area contributed by atoms with E-state index >= 15 is 0 Å². The zero-order valence-corrected chi connectivity index (χ0v) is 11.2. The number of aromatic nitrogens is 1. The van der Waals surface area contributed by atoms with Gasteiger partial charge < -0.3 is 15.2 Å². The van der Waals surface area contributed by atoms with Gasteiger partial charge in [-0.2, -0.15) is 0 Å². The average molecular weight is 258 g/mol. The summed E-state index contributed by atoms with van der Waals surface area (Å²) >= 11 is 0. The molecular weight excluding hydrogens is 240 g/mol. The molecule has 2 rings (SSSR count). The summed E-state index contributed by atoms with van der Waals surface area (Å²) in [7, 11) is 1.64. The molecule has 1 heterocycles. The number of nitrogen functional groups attached to an aromatic ring is 1. The van der Waals surface area contributed by atoms with E-state index in [1.165, 1.54) is 0 Å². The second kappa shape index (κ2) is 6.09. The molecule has 19 heavy (non-hydrogen) atoms. The molecule has 1 aromatic carbocycles. The Kier molecular flexibility index (Phi) is 4.23. The first-order chi connectivity index (χ1) is 9.19. The van der Waals surface area contributed by atoms with E-state index in [9.17, 15) is 0 Å². The van der Waals surface area contributed by atoms with Crippen molar-refractivity contribution in [3.63, 3.8) is 0 Å². The normalized spacial score (nSPS) is 10.2. The molecule has 2 aromatic rings. The van der Waals surface area contributed by atoms with Gasteiger partial charge in [0.25, 0.3) is 0 Å². The van der Waals surface area contributed by atoms with Gasteiger partial charge in [-0.05, 0) is 42.3 Å². The number of pyridine rings is 1. The van der Waals surface area contributed by atoms with Gasteiger partial charge in [0, 0.05) is 12.6 Å². The molecule has 0 aliphatic rings. The van der Waals surface area contributed by atoms with Gasteiger partial charge in [0.2, 0.25) is 0 Å². The molecule has 0 atom stereocenters. The first-order valence-electron chi connectivity index (χ1n) is 6.17. The Morgan fingerprint density at radius 2 is 1.84 bits per heavy atom. The van der Waals surface area contributed by atoms with Gasteiger partial charge in [0.05, 0.1) is 13.7 Å². The lowest BCUT2D eigenvalue weighted by molar-refractivity contribution is 0.321. The average Bonchev–Trinajstić information content (AvgIpc) is 2.43. The van der Waals surface area contributed by atoms with Gasteiger partial charge in [-0.25, -0.2) is 4.98 Å². The highest BCUT2D eigenvalue weighted by molar-refractivity contribution is 5.40. The van der Waals surface area contributed by atoms with Crippen molar-refractivity contribution in [3.05, 3.63) is 47.7 Å². The van der Waals surface area contributed by atoms with E-state index in [0.717, 1.165) is 29.0 Å². The van der Waals surface area contributed by atoms with E-state index in [2.05, 4.69) is 4.98 Å². The molecule has 4 heteroatoms. The van der Waals surface area contributed by atoms with Crippen LogP contribution < -0.4 is 15.2 Å². The van der Waals surface area contributed by atoms with E-state index in [-0.39, 0.29) is 0 Å². The van der Waals surface area contributed by atoms with Crippen molar-refractivity contribution in [1.82, 2.24) is 4.98 Å². The highest BCUT2D eigenvalue weighted by Gasteiger charge is 2.02. The van der Waals surface area contributed by atoms with Crippen molar-refractivity contribution < 1.29 is 9.47 Å². The summed E-state index contributed by atoms with van der Waals surface area (Å²) in [6, 6.07) is 9.56. The van der Waals surface area contributed by atoms with Gasteiger partial charge in [-0.15, -0.1) is 0 Å². The number of benzene rings is 1. The van der Waals surface area contributed by atoms with Crippen LogP contribution in [0.1, 0.15) is 11.1 Å². The van der Waals surface area contributed by atoms with E-state index in [1.807, 2.05) is 37.3 Å². The standard InChI is InChI=1S/C15H18N2O2/c1-11-9-12(15(16)17-10-11)7-8-19-14-5-3-13(18-2)4-6-14/h3-6,9-10H,7-8H2,1-2H3,(H2,16,17). The smallest absolute Gasteiger partial charge is 0.126 e. The van der Waals surface area contributed by atoms with Gasteiger partial charge in [0.1, 0.15) is 17.3 Å². The Hall–Kier alpha value is -2.23. The second-order valence-corrected chi connectivity index (χ2v) is 4.33. The molecule has 0 amide bonds. The van der Waals surface area contributed by atoms with Gasteiger partial charge >= 0.3 is 0 Å². The lowest BCUT2D eigenvalue weighted by atomic mass is 10.1. The molecule has 0 fully saturated rings. The highest BCUT2D eigenvalue weighted by atomic mass is 16.5. The molecule has 0 radical (unpaired) electrons. The lowest BCUT2D eigenvalue weighted by Gasteiger charge is -2.09. The number of nitrogens with two attached hydrogens (primary N) is 1. The summed E-state index contributed by atoms with van der Waals surface area (Å²) in [5.74, 6) is 2.21. The summed E-state index contributed by atoms with van der Waals surface area (Å²) in [5.41, 5.74) is 7.95. The summed E-state index contributed by atoms with van der Waals surface area (Å²) in [6.45, 7) is 2.57. The zero-order valence-electron chi connectivity index (χ0n) is 11.2. The molecular formula is C15H18N2O2. The SMILES string of the molecule is COc1ccc(OCCc2cc(C)cnc2N)cc1. The van der Waals surface area contributed by atoms with Crippen LogP contribution in [0, 0.1) is 6.92 Å². The first-order valence-corrected chi connectivity index (χ1v) is 6.17. The van der Waals surface area contributed by atoms with E-state index < -0.39 is 0 Å². The number of hydrogen-bond donors (Lipinski definition) is 1. The molecule has 0 bridgehead atoms. The number of anilines is 1. The van der Waals surface area contributed by atoms with E-state index in [4.69, 9.17) is 15.2 Å². The number of methoxy groups -OCH3 is 1. The van der Waals surface area contributed by atoms with Crippen LogP contribution in [0.25, 0.3) is 0 Å². The van der Waals surface area contributed by atoms with Crippen LogP contribution >= 0.6 is 0 Å². The van der Waals surface area contributed by atoms with Crippen molar-refractivity contribution in [2.24, 2.45) is 0 Å². The predicted molar refractivity (Wildman–Crippen MR) is 75.6 cm³/mol. The van der Waals surface area contributed by atoms with E-state index in [1.54, 1.807) is 13.3 Å². The summed E-state index contributed by atoms with van der Waals surface area (Å²) < 4.78 is 10.8. The van der Waals surface area contributed by atoms with Crippen LogP contribution in [0.2, 0.25) is 0 Å². The monoisotopic (exact) mass is 258 g/mol. The van der Waals surface area contributed by atoms with Crippen LogP contribution in [0.4, 0.5) is 5.82 Å². The van der Waals surface area contributed by atoms with Gasteiger partial charge in [-0.1, -0.05) is 6.07 Å². The molecule has 1 aromatic heterocycles. The Morgan fingerprint density at radius 1 is 1.16 bits per heavy atom. The molecule has 0 spiro atoms. The molecule has 0 saturated carbocycles. The highest BCUT2D eigenvalue weighted by Crippen LogP contribution is 2.18. The lowest BCUT2D eigenvalue weighted by Crippen LogP contribution is -2.05. The fourth-order valence-electron chi connectivity index (χ4n) is 1.79. The largest absolute Gasteiger partial charge is 0.497 e. The first kappa shape index (κ1) is 13.2. The molecule has 4 nitrogen and oxygen atoms in total. The topological polar surface area (TPSA) is 57.4 Å². The van der Waals surface area contributed by atoms with Crippen LogP contribution in [-0.2, 0) is 6.42 Å². The number of ether oxygens (including phenoxy) is 2. The van der Waals surface area contributed by atoms with Crippen LogP contribution in [0.3, 0.4) is 0 Å². The minimum atomic E-state index is 0.571. The fourth-order valence-corrected chi connectivity index (χ4v) is 1.79. The van der Waals surface area contributed by atoms with Gasteiger partial charge in [-0.3, -0.25) is 0 Å². The van der Waals surface area contributed by atoms with Crippen molar-refractivity contribution in [3.8, 4) is 11.5 Å². The maximum Gasteiger partial charge on any atom is 0.126 e. The Morgan fingerprint density at radius 3 is 2.53 bits per heavy atom. The Balaban J connectivity index is 1.90. The van der Waals surface area contributed by atoms with Crippen molar-refractivity contribution in [1.29, 1.82) is 0 Å². The molecule has 2 N–H and O–H groups in total. The Labute approximate surface area is 113 Å². The number of nitrogens with zero attached hydrogens (tertiary/aromatic N) is 1. The summed E-state index contributed by atoms with van der Waals surface area (Å²) in [6.07, 6.45) is 2.51. The molecule has 0 saturated heterocycles. The molecule has 100 valence electrons. The van der Waals surface area contributed by atoms with Crippen LogP contribution in [-0.4, -0.2) is 18.7 Å². The zero-order chi connectivity index (χ0) is 13.7. The number of hydrogen-bond acceptors (Lipinski definition) is 4. The molecule has 0 aliphatic heterocycles. The quantitative estimate of drug-likeness (QED) is 0.895. The molecule has 0 aliphatic carbocycles. The summed E-state index contributed by atoms with van der Waals surface area (Å²) in [4.78, 5) is 4.13. The minimum absolute atomic E-state index is 0.571. The van der Waals surface area contributed by atoms with Crippen LogP contribution in [0.5, 0.6) is 11.5 Å². The maximum absolute atomic E-state index is 5.82. The third-order valence-electron chi connectivity index (χ3n) is 2.84. The number of aryl methyl sites for hydroxylation is 1. The third kappa shape index (κ3) is 3.61. The van der Waals surface area contributed by atoms with Crippen molar-refractivity contribution in [2.45, 2.75) is 13.3 Å². The predicted octanol–water partition coefficient (Wildman–Crippen LogP) is 2.60. The van der Waals surface area contributed by atoms with Gasteiger partial charge in [0.15, 0.2) is 0 Å². The van der Waals surface area contributed by atoms with E-state index in [0.29, 0.717) is 12.4 Å². The van der Waals surface area contributed by atoms with Crippen LogP contribution in [0.15, 0.2) is 36.5 Å². The summed E-state index contributed by atoms with van der Waals surface area (Å²) in [5, 5.41) is 0. The minimum Gasteiger partial charge on any atom is -0.497 e. The Bertz CT molecular complexity index is 538. The molecule has 0 unspecified atom stereocenters. The van der Waals surface area contributed by atoms with Crippen molar-refractivity contribution in [2.75, 3.05) is 19.5 Å².